The summed E-state index contributed by atoms with van der Waals surface area (Å²) in [6, 6.07) is 3.29. The van der Waals surface area contributed by atoms with Gasteiger partial charge in [0.05, 0.1) is 12.7 Å². The van der Waals surface area contributed by atoms with Crippen molar-refractivity contribution in [1.29, 1.82) is 0 Å². The Bertz CT molecular complexity index is 372. The maximum Gasteiger partial charge on any atom is 0.144 e. The molecule has 1 saturated carbocycles. The predicted molar refractivity (Wildman–Crippen MR) is 52.8 cm³/mol. The molecule has 0 amide bonds. The largest absolute Gasteiger partial charge is 0.506 e. The zero-order chi connectivity index (χ0) is 10.3. The number of aliphatic hydroxyl groups is 1. The number of halogens is 1. The van der Waals surface area contributed by atoms with Crippen molar-refractivity contribution >= 4 is 11.6 Å². The van der Waals surface area contributed by atoms with Gasteiger partial charge in [0.1, 0.15) is 16.5 Å². The van der Waals surface area contributed by atoms with Crippen LogP contribution in [0.5, 0.6) is 11.5 Å². The first-order valence-electron chi connectivity index (χ1n) is 4.37. The molecule has 3 nitrogen and oxygen atoms in total. The summed E-state index contributed by atoms with van der Waals surface area (Å²) >= 11 is 5.85. The van der Waals surface area contributed by atoms with Gasteiger partial charge in [0.25, 0.3) is 0 Å². The molecule has 0 unspecified atom stereocenters. The molecular formula is C10H11ClO3. The first-order valence-corrected chi connectivity index (χ1v) is 4.74. The average molecular weight is 215 g/mol. The molecule has 0 radical (unpaired) electrons. The van der Waals surface area contributed by atoms with Crippen LogP contribution in [0.2, 0.25) is 5.02 Å². The molecule has 0 saturated heterocycles. The van der Waals surface area contributed by atoms with Crippen molar-refractivity contribution in [3.8, 4) is 11.5 Å². The van der Waals surface area contributed by atoms with Crippen LogP contribution in [0.1, 0.15) is 18.4 Å². The van der Waals surface area contributed by atoms with Gasteiger partial charge in [-0.15, -0.1) is 0 Å². The lowest BCUT2D eigenvalue weighted by Crippen LogP contribution is -2.04. The highest BCUT2D eigenvalue weighted by Gasteiger charge is 2.44. The van der Waals surface area contributed by atoms with Gasteiger partial charge < -0.3 is 14.9 Å². The average Bonchev–Trinajstić information content (AvgIpc) is 2.89. The molecule has 1 aliphatic carbocycles. The quantitative estimate of drug-likeness (QED) is 0.792. The van der Waals surface area contributed by atoms with E-state index >= 15 is 0 Å². The normalized spacial score (nSPS) is 17.9. The molecule has 76 valence electrons. The first-order chi connectivity index (χ1) is 6.58. The van der Waals surface area contributed by atoms with E-state index in [9.17, 15) is 10.2 Å². The fraction of sp³-hybridized carbons (Fsp3) is 0.400. The minimum absolute atomic E-state index is 0.0778. The monoisotopic (exact) mass is 214 g/mol. The van der Waals surface area contributed by atoms with E-state index in [1.54, 1.807) is 12.1 Å². The molecule has 1 aromatic carbocycles. The Hall–Kier alpha value is -0.930. The first kappa shape index (κ1) is 9.62. The molecule has 0 bridgehead atoms. The minimum Gasteiger partial charge on any atom is -0.506 e. The van der Waals surface area contributed by atoms with Crippen LogP contribution in [-0.4, -0.2) is 17.3 Å². The Morgan fingerprint density at radius 2 is 2.07 bits per heavy atom. The van der Waals surface area contributed by atoms with Crippen LogP contribution in [0.25, 0.3) is 0 Å². The molecule has 1 aliphatic rings. The molecule has 0 atom stereocenters. The lowest BCUT2D eigenvalue weighted by atomic mass is 10.1. The van der Waals surface area contributed by atoms with Gasteiger partial charge in [0.15, 0.2) is 0 Å². The predicted octanol–water partition coefficient (Wildman–Crippen LogP) is 2.04. The second-order valence-corrected chi connectivity index (χ2v) is 3.89. The van der Waals surface area contributed by atoms with Gasteiger partial charge in [-0.25, -0.2) is 0 Å². The van der Waals surface area contributed by atoms with Crippen LogP contribution < -0.4 is 4.74 Å². The molecule has 4 heteroatoms. The second kappa shape index (κ2) is 3.04. The van der Waals surface area contributed by atoms with E-state index in [4.69, 9.17) is 16.3 Å². The number of phenols is 1. The van der Waals surface area contributed by atoms with Gasteiger partial charge in [-0.1, -0.05) is 11.6 Å². The van der Waals surface area contributed by atoms with Crippen molar-refractivity contribution in [3.63, 3.8) is 0 Å². The van der Waals surface area contributed by atoms with Gasteiger partial charge in [0, 0.05) is 5.56 Å². The van der Waals surface area contributed by atoms with E-state index in [0.29, 0.717) is 24.2 Å². The van der Waals surface area contributed by atoms with Crippen molar-refractivity contribution in [3.05, 3.63) is 22.7 Å². The summed E-state index contributed by atoms with van der Waals surface area (Å²) in [6.07, 6.45) is 1.34. The Morgan fingerprint density at radius 1 is 1.43 bits per heavy atom. The van der Waals surface area contributed by atoms with Gasteiger partial charge >= 0.3 is 0 Å². The number of hydrogen-bond acceptors (Lipinski definition) is 3. The van der Waals surface area contributed by atoms with Crippen molar-refractivity contribution < 1.29 is 14.9 Å². The molecule has 1 aromatic rings. The van der Waals surface area contributed by atoms with Crippen LogP contribution in [0.4, 0.5) is 0 Å². The summed E-state index contributed by atoms with van der Waals surface area (Å²) in [4.78, 5) is 0. The summed E-state index contributed by atoms with van der Waals surface area (Å²) in [5.41, 5.74) is -0.386. The molecular weight excluding hydrogens is 204 g/mol. The topological polar surface area (TPSA) is 49.7 Å². The number of aromatic hydroxyl groups is 1. The van der Waals surface area contributed by atoms with Gasteiger partial charge in [-0.05, 0) is 25.0 Å². The molecule has 2 N–H and O–H groups in total. The van der Waals surface area contributed by atoms with Crippen LogP contribution in [0, 0.1) is 0 Å². The standard InChI is InChI=1S/C10H11ClO3/c1-14-7-3-2-6(9(12)8(7)11)10(13)4-5-10/h2-3,12-13H,4-5H2,1H3. The zero-order valence-electron chi connectivity index (χ0n) is 7.75. The Kier molecular flexibility index (Phi) is 2.09. The number of rotatable bonds is 2. The third-order valence-corrected chi connectivity index (χ3v) is 2.89. The van der Waals surface area contributed by atoms with Gasteiger partial charge in [-0.2, -0.15) is 0 Å². The summed E-state index contributed by atoms with van der Waals surface area (Å²) in [6.45, 7) is 0. The van der Waals surface area contributed by atoms with Crippen LogP contribution in [0.3, 0.4) is 0 Å². The lowest BCUT2D eigenvalue weighted by Gasteiger charge is -2.13. The fourth-order valence-electron chi connectivity index (χ4n) is 1.47. The molecule has 1 fully saturated rings. The maximum atomic E-state index is 9.81. The van der Waals surface area contributed by atoms with E-state index in [2.05, 4.69) is 0 Å². The fourth-order valence-corrected chi connectivity index (χ4v) is 1.71. The summed E-state index contributed by atoms with van der Waals surface area (Å²) in [7, 11) is 1.48. The highest BCUT2D eigenvalue weighted by Crippen LogP contribution is 2.51. The second-order valence-electron chi connectivity index (χ2n) is 3.51. The Morgan fingerprint density at radius 3 is 2.57 bits per heavy atom. The maximum absolute atomic E-state index is 9.81. The van der Waals surface area contributed by atoms with E-state index in [1.807, 2.05) is 0 Å². The van der Waals surface area contributed by atoms with Crippen molar-refractivity contribution in [2.75, 3.05) is 7.11 Å². The van der Waals surface area contributed by atoms with Crippen molar-refractivity contribution in [2.45, 2.75) is 18.4 Å². The van der Waals surface area contributed by atoms with Crippen LogP contribution >= 0.6 is 11.6 Å². The van der Waals surface area contributed by atoms with Crippen LogP contribution in [-0.2, 0) is 5.60 Å². The minimum atomic E-state index is -0.875. The lowest BCUT2D eigenvalue weighted by molar-refractivity contribution is 0.147. The summed E-state index contributed by atoms with van der Waals surface area (Å²) in [5, 5.41) is 19.7. The van der Waals surface area contributed by atoms with Gasteiger partial charge in [-0.3, -0.25) is 0 Å². The molecule has 2 rings (SSSR count). The van der Waals surface area contributed by atoms with E-state index in [-0.39, 0.29) is 10.8 Å². The highest BCUT2D eigenvalue weighted by molar-refractivity contribution is 6.33. The number of methoxy groups -OCH3 is 1. The molecule has 0 aromatic heterocycles. The molecule has 0 aliphatic heterocycles. The molecule has 0 heterocycles. The van der Waals surface area contributed by atoms with Crippen molar-refractivity contribution in [1.82, 2.24) is 0 Å². The third kappa shape index (κ3) is 1.33. The SMILES string of the molecule is COc1ccc(C2(O)CC2)c(O)c1Cl. The number of ether oxygens (including phenoxy) is 1. The summed E-state index contributed by atoms with van der Waals surface area (Å²) < 4.78 is 4.94. The van der Waals surface area contributed by atoms with Crippen molar-refractivity contribution in [2.24, 2.45) is 0 Å². The van der Waals surface area contributed by atoms with E-state index < -0.39 is 5.60 Å². The number of hydrogen-bond donors (Lipinski definition) is 2. The molecule has 0 spiro atoms. The van der Waals surface area contributed by atoms with Crippen LogP contribution in [0.15, 0.2) is 12.1 Å². The number of benzene rings is 1. The van der Waals surface area contributed by atoms with Gasteiger partial charge in [0.2, 0.25) is 0 Å². The third-order valence-electron chi connectivity index (χ3n) is 2.53. The van der Waals surface area contributed by atoms with E-state index in [1.165, 1.54) is 7.11 Å². The Labute approximate surface area is 86.9 Å². The number of phenolic OH excluding ortho intramolecular Hbond substituents is 1. The highest BCUT2D eigenvalue weighted by atomic mass is 35.5. The van der Waals surface area contributed by atoms with E-state index in [0.717, 1.165) is 0 Å². The Balaban J connectivity index is 2.49. The smallest absolute Gasteiger partial charge is 0.144 e. The summed E-state index contributed by atoms with van der Waals surface area (Å²) in [5.74, 6) is 0.336. The molecule has 14 heavy (non-hydrogen) atoms. The zero-order valence-corrected chi connectivity index (χ0v) is 8.51.